The van der Waals surface area contributed by atoms with Crippen LogP contribution >= 0.6 is 0 Å². The lowest BCUT2D eigenvalue weighted by Gasteiger charge is -2.28. The molecule has 0 spiro atoms. The van der Waals surface area contributed by atoms with Gasteiger partial charge in [-0.05, 0) is 30.9 Å². The topological polar surface area (TPSA) is 58.9 Å². The van der Waals surface area contributed by atoms with Crippen LogP contribution in [0.4, 0.5) is 0 Å². The second-order valence-corrected chi connectivity index (χ2v) is 6.41. The van der Waals surface area contributed by atoms with E-state index in [2.05, 4.69) is 0 Å². The molecule has 1 heterocycles. The number of aryl methyl sites for hydroxylation is 1. The second-order valence-electron chi connectivity index (χ2n) is 6.41. The van der Waals surface area contributed by atoms with Crippen molar-refractivity contribution >= 4 is 0 Å². The van der Waals surface area contributed by atoms with Crippen LogP contribution in [-0.2, 0) is 22.5 Å². The van der Waals surface area contributed by atoms with Crippen LogP contribution in [0, 0.1) is 0 Å². The van der Waals surface area contributed by atoms with Gasteiger partial charge < -0.3 is 19.7 Å². The molecule has 4 nitrogen and oxygen atoms in total. The Morgan fingerprint density at radius 1 is 0.958 bits per heavy atom. The van der Waals surface area contributed by atoms with E-state index in [9.17, 15) is 10.2 Å². The predicted molar refractivity (Wildman–Crippen MR) is 91.3 cm³/mol. The van der Waals surface area contributed by atoms with Crippen molar-refractivity contribution in [3.8, 4) is 0 Å². The summed E-state index contributed by atoms with van der Waals surface area (Å²) >= 11 is 0. The molecule has 1 aliphatic rings. The van der Waals surface area contributed by atoms with Crippen molar-refractivity contribution in [3.63, 3.8) is 0 Å². The summed E-state index contributed by atoms with van der Waals surface area (Å²) in [6, 6.07) is 19.8. The smallest absolute Gasteiger partial charge is 0.194 e. The molecule has 1 fully saturated rings. The Morgan fingerprint density at radius 2 is 1.54 bits per heavy atom. The molecule has 3 rings (SSSR count). The summed E-state index contributed by atoms with van der Waals surface area (Å²) in [5.74, 6) is -1.20. The largest absolute Gasteiger partial charge is 0.387 e. The van der Waals surface area contributed by atoms with E-state index in [-0.39, 0.29) is 0 Å². The van der Waals surface area contributed by atoms with E-state index >= 15 is 0 Å². The number of ether oxygens (including phenoxy) is 2. The molecular weight excluding hydrogens is 304 g/mol. The lowest BCUT2D eigenvalue weighted by atomic mass is 10.0. The molecule has 4 unspecified atom stereocenters. The van der Waals surface area contributed by atoms with Gasteiger partial charge >= 0.3 is 0 Å². The van der Waals surface area contributed by atoms with Crippen molar-refractivity contribution in [2.24, 2.45) is 0 Å². The first-order chi connectivity index (χ1) is 11.6. The van der Waals surface area contributed by atoms with E-state index in [0.29, 0.717) is 13.0 Å². The van der Waals surface area contributed by atoms with Crippen LogP contribution in [0.15, 0.2) is 60.7 Å². The molecule has 2 aromatic carbocycles. The number of hydrogen-bond donors (Lipinski definition) is 2. The van der Waals surface area contributed by atoms with Gasteiger partial charge in [0.2, 0.25) is 0 Å². The summed E-state index contributed by atoms with van der Waals surface area (Å²) in [6.07, 6.45) is -1.05. The van der Waals surface area contributed by atoms with Gasteiger partial charge in [-0.25, -0.2) is 0 Å². The first-order valence-electron chi connectivity index (χ1n) is 8.34. The van der Waals surface area contributed by atoms with Crippen LogP contribution in [0.3, 0.4) is 0 Å². The molecule has 0 saturated carbocycles. The van der Waals surface area contributed by atoms with Crippen molar-refractivity contribution in [2.75, 3.05) is 0 Å². The van der Waals surface area contributed by atoms with Crippen molar-refractivity contribution in [3.05, 3.63) is 71.8 Å². The van der Waals surface area contributed by atoms with Gasteiger partial charge in [0.1, 0.15) is 12.2 Å². The van der Waals surface area contributed by atoms with Crippen molar-refractivity contribution < 1.29 is 19.7 Å². The maximum absolute atomic E-state index is 10.4. The normalized spacial score (nSPS) is 29.7. The van der Waals surface area contributed by atoms with Crippen LogP contribution in [-0.4, -0.2) is 34.3 Å². The van der Waals surface area contributed by atoms with Gasteiger partial charge in [-0.1, -0.05) is 60.7 Å². The van der Waals surface area contributed by atoms with E-state index in [4.69, 9.17) is 9.47 Å². The summed E-state index contributed by atoms with van der Waals surface area (Å²) in [6.45, 7) is 2.01. The summed E-state index contributed by atoms with van der Waals surface area (Å²) in [4.78, 5) is 0. The molecule has 0 radical (unpaired) electrons. The maximum Gasteiger partial charge on any atom is 0.194 e. The van der Waals surface area contributed by atoms with E-state index in [1.165, 1.54) is 5.56 Å². The fourth-order valence-corrected chi connectivity index (χ4v) is 3.06. The molecule has 0 aliphatic carbocycles. The van der Waals surface area contributed by atoms with Crippen molar-refractivity contribution in [2.45, 2.75) is 50.5 Å². The molecule has 0 aromatic heterocycles. The number of rotatable bonds is 6. The SMILES string of the molecule is CC1(OCc2ccccc2)OC(CCc2ccccc2)C(O)C1O. The van der Waals surface area contributed by atoms with Crippen LogP contribution < -0.4 is 0 Å². The zero-order chi connectivity index (χ0) is 17.0. The molecule has 4 atom stereocenters. The summed E-state index contributed by atoms with van der Waals surface area (Å²) < 4.78 is 11.7. The lowest BCUT2D eigenvalue weighted by molar-refractivity contribution is -0.253. The van der Waals surface area contributed by atoms with E-state index < -0.39 is 24.1 Å². The third-order valence-corrected chi connectivity index (χ3v) is 4.56. The van der Waals surface area contributed by atoms with Gasteiger partial charge in [-0.2, -0.15) is 0 Å². The Balaban J connectivity index is 1.59. The van der Waals surface area contributed by atoms with Crippen LogP contribution in [0.1, 0.15) is 24.5 Å². The first-order valence-corrected chi connectivity index (χ1v) is 8.34. The van der Waals surface area contributed by atoms with Gasteiger partial charge in [0, 0.05) is 0 Å². The molecule has 4 heteroatoms. The highest BCUT2D eigenvalue weighted by molar-refractivity contribution is 5.15. The van der Waals surface area contributed by atoms with E-state index in [1.54, 1.807) is 6.92 Å². The number of aliphatic hydroxyl groups is 2. The summed E-state index contributed by atoms with van der Waals surface area (Å²) in [7, 11) is 0. The Hall–Kier alpha value is -1.72. The monoisotopic (exact) mass is 328 g/mol. The average Bonchev–Trinajstić information content (AvgIpc) is 2.84. The third-order valence-electron chi connectivity index (χ3n) is 4.56. The molecule has 0 bridgehead atoms. The fraction of sp³-hybridized carbons (Fsp3) is 0.400. The van der Waals surface area contributed by atoms with Crippen LogP contribution in [0.5, 0.6) is 0 Å². The summed E-state index contributed by atoms with van der Waals surface area (Å²) in [5, 5.41) is 20.7. The Morgan fingerprint density at radius 3 is 2.17 bits per heavy atom. The molecule has 128 valence electrons. The standard InChI is InChI=1S/C20H24O4/c1-20(23-14-16-10-6-3-7-11-16)19(22)18(21)17(24-20)13-12-15-8-4-2-5-9-15/h2-11,17-19,21-22H,12-14H2,1H3. The molecule has 2 aromatic rings. The molecular formula is C20H24O4. The Bertz CT molecular complexity index is 631. The lowest BCUT2D eigenvalue weighted by Crippen LogP contribution is -2.42. The molecule has 0 amide bonds. The van der Waals surface area contributed by atoms with Crippen LogP contribution in [0.2, 0.25) is 0 Å². The highest BCUT2D eigenvalue weighted by atomic mass is 16.7. The number of aliphatic hydroxyl groups excluding tert-OH is 2. The van der Waals surface area contributed by atoms with Gasteiger partial charge in [0.05, 0.1) is 12.7 Å². The summed E-state index contributed by atoms with van der Waals surface area (Å²) in [5.41, 5.74) is 2.18. The minimum absolute atomic E-state index is 0.326. The minimum atomic E-state index is -1.20. The highest BCUT2D eigenvalue weighted by Gasteiger charge is 2.51. The van der Waals surface area contributed by atoms with Crippen LogP contribution in [0.25, 0.3) is 0 Å². The van der Waals surface area contributed by atoms with Gasteiger partial charge in [0.25, 0.3) is 0 Å². The van der Waals surface area contributed by atoms with Crippen molar-refractivity contribution in [1.29, 1.82) is 0 Å². The van der Waals surface area contributed by atoms with Gasteiger partial charge in [-0.15, -0.1) is 0 Å². The van der Waals surface area contributed by atoms with Gasteiger partial charge in [0.15, 0.2) is 5.79 Å². The zero-order valence-electron chi connectivity index (χ0n) is 13.8. The first kappa shape index (κ1) is 17.1. The average molecular weight is 328 g/mol. The number of benzene rings is 2. The Labute approximate surface area is 142 Å². The number of hydrogen-bond acceptors (Lipinski definition) is 4. The zero-order valence-corrected chi connectivity index (χ0v) is 13.8. The van der Waals surface area contributed by atoms with Gasteiger partial charge in [-0.3, -0.25) is 0 Å². The molecule has 2 N–H and O–H groups in total. The fourth-order valence-electron chi connectivity index (χ4n) is 3.06. The molecule has 1 saturated heterocycles. The Kier molecular flexibility index (Phi) is 5.31. The van der Waals surface area contributed by atoms with E-state index in [1.807, 2.05) is 60.7 Å². The second kappa shape index (κ2) is 7.45. The molecule has 1 aliphatic heterocycles. The van der Waals surface area contributed by atoms with Crippen molar-refractivity contribution in [1.82, 2.24) is 0 Å². The minimum Gasteiger partial charge on any atom is -0.387 e. The molecule has 24 heavy (non-hydrogen) atoms. The third kappa shape index (κ3) is 3.84. The highest BCUT2D eigenvalue weighted by Crippen LogP contribution is 2.34. The quantitative estimate of drug-likeness (QED) is 0.856. The maximum atomic E-state index is 10.4. The van der Waals surface area contributed by atoms with E-state index in [0.717, 1.165) is 12.0 Å². The predicted octanol–water partition coefficient (Wildman–Crippen LogP) is 2.67.